The van der Waals surface area contributed by atoms with Crippen LogP contribution in [0.15, 0.2) is 53.4 Å². The lowest BCUT2D eigenvalue weighted by atomic mass is 10.0. The Morgan fingerprint density at radius 1 is 1.25 bits per heavy atom. The molecule has 0 amide bonds. The second-order valence-electron chi connectivity index (χ2n) is 4.69. The van der Waals surface area contributed by atoms with E-state index in [1.807, 2.05) is 23.9 Å². The van der Waals surface area contributed by atoms with E-state index in [0.717, 1.165) is 5.75 Å². The van der Waals surface area contributed by atoms with Gasteiger partial charge in [-0.25, -0.2) is 4.79 Å². The third kappa shape index (κ3) is 2.65. The Morgan fingerprint density at radius 2 is 2.10 bits per heavy atom. The van der Waals surface area contributed by atoms with Crippen LogP contribution in [0.4, 0.5) is 0 Å². The van der Waals surface area contributed by atoms with E-state index >= 15 is 0 Å². The van der Waals surface area contributed by atoms with Gasteiger partial charge < -0.3 is 9.84 Å². The molecule has 0 radical (unpaired) electrons. The Kier molecular flexibility index (Phi) is 3.65. The minimum Gasteiger partial charge on any atom is -0.493 e. The molecule has 3 nitrogen and oxygen atoms in total. The molecule has 0 saturated heterocycles. The van der Waals surface area contributed by atoms with Gasteiger partial charge in [-0.05, 0) is 29.8 Å². The smallest absolute Gasteiger partial charge is 0.335 e. The highest BCUT2D eigenvalue weighted by molar-refractivity contribution is 7.99. The fraction of sp³-hybridized carbons (Fsp3) is 0.188. The van der Waals surface area contributed by atoms with E-state index in [4.69, 9.17) is 9.84 Å². The Labute approximate surface area is 121 Å². The van der Waals surface area contributed by atoms with E-state index in [2.05, 4.69) is 12.1 Å². The Balaban J connectivity index is 1.69. The summed E-state index contributed by atoms with van der Waals surface area (Å²) in [7, 11) is 0. The maximum absolute atomic E-state index is 10.9. The van der Waals surface area contributed by atoms with Crippen LogP contribution in [0.25, 0.3) is 0 Å². The minimum absolute atomic E-state index is 0.253. The van der Waals surface area contributed by atoms with Crippen LogP contribution in [-0.4, -0.2) is 23.4 Å². The molecule has 0 bridgehead atoms. The molecule has 4 heteroatoms. The normalized spacial score (nSPS) is 16.7. The van der Waals surface area contributed by atoms with Crippen LogP contribution >= 0.6 is 11.8 Å². The average molecular weight is 286 g/mol. The molecule has 0 aliphatic carbocycles. The SMILES string of the molecule is O=C(O)c1cccc(OCC2CSc3ccccc32)c1. The van der Waals surface area contributed by atoms with Gasteiger partial charge in [-0.1, -0.05) is 24.3 Å². The fourth-order valence-corrected chi connectivity index (χ4v) is 3.52. The molecule has 0 fully saturated rings. The summed E-state index contributed by atoms with van der Waals surface area (Å²) in [6, 6.07) is 15.0. The number of rotatable bonds is 4. The van der Waals surface area contributed by atoms with Crippen LogP contribution in [-0.2, 0) is 0 Å². The summed E-state index contributed by atoms with van der Waals surface area (Å²) in [6.45, 7) is 0.576. The number of carboxylic acid groups (broad SMARTS) is 1. The Morgan fingerprint density at radius 3 is 2.95 bits per heavy atom. The van der Waals surface area contributed by atoms with E-state index in [0.29, 0.717) is 18.3 Å². The van der Waals surface area contributed by atoms with Crippen LogP contribution < -0.4 is 4.74 Å². The molecular formula is C16H14O3S. The number of benzene rings is 2. The minimum atomic E-state index is -0.933. The van der Waals surface area contributed by atoms with Gasteiger partial charge in [0.05, 0.1) is 12.2 Å². The van der Waals surface area contributed by atoms with E-state index in [1.165, 1.54) is 10.5 Å². The van der Waals surface area contributed by atoms with Crippen molar-refractivity contribution in [3.05, 3.63) is 59.7 Å². The molecule has 1 heterocycles. The molecule has 0 aromatic heterocycles. The Bertz CT molecular complexity index is 639. The molecule has 2 aromatic rings. The van der Waals surface area contributed by atoms with Gasteiger partial charge >= 0.3 is 5.97 Å². The monoisotopic (exact) mass is 286 g/mol. The van der Waals surface area contributed by atoms with E-state index in [1.54, 1.807) is 24.3 Å². The highest BCUT2D eigenvalue weighted by Gasteiger charge is 2.23. The van der Waals surface area contributed by atoms with Crippen LogP contribution in [0.3, 0.4) is 0 Å². The number of hydrogen-bond acceptors (Lipinski definition) is 3. The number of carboxylic acids is 1. The van der Waals surface area contributed by atoms with Crippen molar-refractivity contribution in [3.8, 4) is 5.75 Å². The molecule has 1 atom stereocenters. The van der Waals surface area contributed by atoms with E-state index < -0.39 is 5.97 Å². The van der Waals surface area contributed by atoms with Gasteiger partial charge in [-0.15, -0.1) is 11.8 Å². The van der Waals surface area contributed by atoms with Gasteiger partial charge in [-0.3, -0.25) is 0 Å². The van der Waals surface area contributed by atoms with Crippen LogP contribution in [0.1, 0.15) is 21.8 Å². The van der Waals surface area contributed by atoms with Crippen molar-refractivity contribution in [2.45, 2.75) is 10.8 Å². The predicted octanol–water partition coefficient (Wildman–Crippen LogP) is 3.65. The highest BCUT2D eigenvalue weighted by Crippen LogP contribution is 2.39. The van der Waals surface area contributed by atoms with Gasteiger partial charge in [0, 0.05) is 16.6 Å². The molecule has 0 spiro atoms. The quantitative estimate of drug-likeness (QED) is 0.932. The summed E-state index contributed by atoms with van der Waals surface area (Å²) in [6.07, 6.45) is 0. The zero-order valence-corrected chi connectivity index (χ0v) is 11.6. The van der Waals surface area contributed by atoms with Gasteiger partial charge in [0.15, 0.2) is 0 Å². The van der Waals surface area contributed by atoms with Gasteiger partial charge in [0.2, 0.25) is 0 Å². The largest absolute Gasteiger partial charge is 0.493 e. The molecule has 20 heavy (non-hydrogen) atoms. The summed E-state index contributed by atoms with van der Waals surface area (Å²) in [5.41, 5.74) is 1.58. The van der Waals surface area contributed by atoms with Crippen molar-refractivity contribution in [1.82, 2.24) is 0 Å². The maximum atomic E-state index is 10.9. The Hall–Kier alpha value is -1.94. The lowest BCUT2D eigenvalue weighted by Crippen LogP contribution is -2.10. The third-order valence-corrected chi connectivity index (χ3v) is 4.58. The number of fused-ring (bicyclic) bond motifs is 1. The summed E-state index contributed by atoms with van der Waals surface area (Å²) in [5.74, 6) is 1.05. The lowest BCUT2D eigenvalue weighted by molar-refractivity contribution is 0.0696. The molecule has 3 rings (SSSR count). The predicted molar refractivity (Wildman–Crippen MR) is 78.8 cm³/mol. The summed E-state index contributed by atoms with van der Waals surface area (Å²) in [5, 5.41) is 8.96. The van der Waals surface area contributed by atoms with Crippen molar-refractivity contribution in [2.24, 2.45) is 0 Å². The average Bonchev–Trinajstić information content (AvgIpc) is 2.89. The number of ether oxygens (including phenoxy) is 1. The van der Waals surface area contributed by atoms with E-state index in [9.17, 15) is 4.79 Å². The molecule has 2 aromatic carbocycles. The molecule has 1 aliphatic rings. The molecule has 1 unspecified atom stereocenters. The first kappa shape index (κ1) is 13.1. The first-order valence-electron chi connectivity index (χ1n) is 6.42. The molecular weight excluding hydrogens is 272 g/mol. The number of hydrogen-bond donors (Lipinski definition) is 1. The van der Waals surface area contributed by atoms with E-state index in [-0.39, 0.29) is 5.56 Å². The van der Waals surface area contributed by atoms with Crippen molar-refractivity contribution >= 4 is 17.7 Å². The van der Waals surface area contributed by atoms with Gasteiger partial charge in [-0.2, -0.15) is 0 Å². The number of carbonyl (C=O) groups is 1. The van der Waals surface area contributed by atoms with Crippen molar-refractivity contribution in [3.63, 3.8) is 0 Å². The first-order chi connectivity index (χ1) is 9.74. The van der Waals surface area contributed by atoms with Gasteiger partial charge in [0.25, 0.3) is 0 Å². The zero-order chi connectivity index (χ0) is 13.9. The number of aromatic carboxylic acids is 1. The zero-order valence-electron chi connectivity index (χ0n) is 10.8. The highest BCUT2D eigenvalue weighted by atomic mass is 32.2. The molecule has 1 N–H and O–H groups in total. The standard InChI is InChI=1S/C16H14O3S/c17-16(18)11-4-3-5-13(8-11)19-9-12-10-20-15-7-2-1-6-14(12)15/h1-8,12H,9-10H2,(H,17,18). The van der Waals surface area contributed by atoms with Crippen LogP contribution in [0.2, 0.25) is 0 Å². The first-order valence-corrected chi connectivity index (χ1v) is 7.40. The van der Waals surface area contributed by atoms with Crippen LogP contribution in [0.5, 0.6) is 5.75 Å². The molecule has 0 saturated carbocycles. The summed E-state index contributed by atoms with van der Waals surface area (Å²) < 4.78 is 5.76. The fourth-order valence-electron chi connectivity index (χ4n) is 2.28. The number of thioether (sulfide) groups is 1. The van der Waals surface area contributed by atoms with Crippen LogP contribution in [0, 0.1) is 0 Å². The maximum Gasteiger partial charge on any atom is 0.335 e. The van der Waals surface area contributed by atoms with Gasteiger partial charge in [0.1, 0.15) is 5.75 Å². The van der Waals surface area contributed by atoms with Crippen molar-refractivity contribution in [1.29, 1.82) is 0 Å². The summed E-state index contributed by atoms with van der Waals surface area (Å²) in [4.78, 5) is 12.2. The lowest BCUT2D eigenvalue weighted by Gasteiger charge is -2.12. The third-order valence-electron chi connectivity index (χ3n) is 3.33. The second kappa shape index (κ2) is 5.59. The summed E-state index contributed by atoms with van der Waals surface area (Å²) >= 11 is 1.85. The molecule has 102 valence electrons. The topological polar surface area (TPSA) is 46.5 Å². The van der Waals surface area contributed by atoms with Crippen molar-refractivity contribution in [2.75, 3.05) is 12.4 Å². The molecule has 1 aliphatic heterocycles. The second-order valence-corrected chi connectivity index (χ2v) is 5.75. The van der Waals surface area contributed by atoms with Crippen molar-refractivity contribution < 1.29 is 14.6 Å².